The smallest absolute Gasteiger partial charge is 0.462 e. The van der Waals surface area contributed by atoms with E-state index in [9.17, 15) is 19.0 Å². The Kier molecular flexibility index (Phi) is 41.1. The Morgan fingerprint density at radius 3 is 1.46 bits per heavy atom. The van der Waals surface area contributed by atoms with Crippen LogP contribution in [0.15, 0.2) is 72.9 Å². The molecule has 0 heterocycles. The quantitative estimate of drug-likeness (QED) is 0.0267. The molecule has 0 aromatic carbocycles. The van der Waals surface area contributed by atoms with Gasteiger partial charge in [0, 0.05) is 19.4 Å². The minimum atomic E-state index is -4.39. The van der Waals surface area contributed by atoms with Gasteiger partial charge in [-0.05, 0) is 83.5 Å². The molecule has 57 heavy (non-hydrogen) atoms. The number of nitrogens with two attached hydrogens (primary N) is 1. The molecule has 0 amide bonds. The highest BCUT2D eigenvalue weighted by atomic mass is 31.2. The van der Waals surface area contributed by atoms with E-state index in [4.69, 9.17) is 24.3 Å². The number of allylic oxidation sites excluding steroid dienone is 12. The predicted molar refractivity (Wildman–Crippen MR) is 238 cm³/mol. The van der Waals surface area contributed by atoms with Crippen LogP contribution in [0.5, 0.6) is 0 Å². The fourth-order valence-corrected chi connectivity index (χ4v) is 6.54. The lowest BCUT2D eigenvalue weighted by Crippen LogP contribution is -2.29. The zero-order chi connectivity index (χ0) is 41.8. The molecule has 0 aliphatic heterocycles. The first-order valence-electron chi connectivity index (χ1n) is 22.4. The van der Waals surface area contributed by atoms with Gasteiger partial charge in [0.1, 0.15) is 6.61 Å². The zero-order valence-electron chi connectivity index (χ0n) is 36.0. The van der Waals surface area contributed by atoms with Crippen molar-refractivity contribution in [2.24, 2.45) is 5.73 Å². The molecule has 3 N–H and O–H groups in total. The van der Waals surface area contributed by atoms with Gasteiger partial charge in [0.2, 0.25) is 0 Å². The minimum Gasteiger partial charge on any atom is -0.462 e. The summed E-state index contributed by atoms with van der Waals surface area (Å²) in [7, 11) is -4.39. The number of esters is 2. The van der Waals surface area contributed by atoms with Gasteiger partial charge in [-0.15, -0.1) is 0 Å². The second kappa shape index (κ2) is 43.0. The Bertz CT molecular complexity index is 1160. The molecule has 0 aromatic heterocycles. The Hall–Kier alpha value is -2.55. The first-order valence-corrected chi connectivity index (χ1v) is 23.9. The third-order valence-electron chi connectivity index (χ3n) is 9.08. The molecule has 2 atom stereocenters. The fourth-order valence-electron chi connectivity index (χ4n) is 5.77. The first kappa shape index (κ1) is 54.5. The molecule has 10 heteroatoms. The molecule has 328 valence electrons. The van der Waals surface area contributed by atoms with E-state index in [1.54, 1.807) is 0 Å². The van der Waals surface area contributed by atoms with Crippen molar-refractivity contribution in [3.05, 3.63) is 72.9 Å². The third kappa shape index (κ3) is 42.9. The molecule has 0 bridgehead atoms. The van der Waals surface area contributed by atoms with Gasteiger partial charge in [-0.3, -0.25) is 18.6 Å². The van der Waals surface area contributed by atoms with Crippen molar-refractivity contribution in [3.63, 3.8) is 0 Å². The van der Waals surface area contributed by atoms with E-state index < -0.39 is 32.5 Å². The lowest BCUT2D eigenvalue weighted by Gasteiger charge is -2.19. The van der Waals surface area contributed by atoms with Crippen LogP contribution in [-0.4, -0.2) is 49.3 Å². The van der Waals surface area contributed by atoms with Crippen LogP contribution in [0, 0.1) is 0 Å². The first-order chi connectivity index (χ1) is 27.8. The molecule has 0 fully saturated rings. The number of carbonyl (C=O) groups is 2. The minimum absolute atomic E-state index is 0.0453. The molecular formula is C47H82NO8P. The van der Waals surface area contributed by atoms with Gasteiger partial charge in [-0.1, -0.05) is 157 Å². The van der Waals surface area contributed by atoms with Crippen molar-refractivity contribution in [2.45, 2.75) is 187 Å². The Morgan fingerprint density at radius 1 is 0.544 bits per heavy atom. The molecule has 0 rings (SSSR count). The average Bonchev–Trinajstić information content (AvgIpc) is 3.20. The summed E-state index contributed by atoms with van der Waals surface area (Å²) in [5, 5.41) is 0. The second-order valence-corrected chi connectivity index (χ2v) is 16.0. The summed E-state index contributed by atoms with van der Waals surface area (Å²) >= 11 is 0. The molecule has 0 aliphatic rings. The summed E-state index contributed by atoms with van der Waals surface area (Å²) in [6.07, 6.45) is 52.1. The van der Waals surface area contributed by atoms with Crippen molar-refractivity contribution in [1.82, 2.24) is 0 Å². The zero-order valence-corrected chi connectivity index (χ0v) is 36.9. The molecule has 2 unspecified atom stereocenters. The van der Waals surface area contributed by atoms with Crippen molar-refractivity contribution >= 4 is 19.8 Å². The molecular weight excluding hydrogens is 737 g/mol. The topological polar surface area (TPSA) is 134 Å². The summed E-state index contributed by atoms with van der Waals surface area (Å²) in [5.74, 6) is -0.865. The van der Waals surface area contributed by atoms with Crippen molar-refractivity contribution in [3.8, 4) is 0 Å². The van der Waals surface area contributed by atoms with Gasteiger partial charge in [0.05, 0.1) is 13.2 Å². The number of ether oxygens (including phenoxy) is 2. The van der Waals surface area contributed by atoms with Crippen molar-refractivity contribution in [2.75, 3.05) is 26.4 Å². The van der Waals surface area contributed by atoms with Crippen LogP contribution in [0.1, 0.15) is 181 Å². The number of phosphoric ester groups is 1. The van der Waals surface area contributed by atoms with Crippen LogP contribution in [-0.2, 0) is 32.7 Å². The molecule has 0 saturated carbocycles. The summed E-state index contributed by atoms with van der Waals surface area (Å²) in [5.41, 5.74) is 5.35. The van der Waals surface area contributed by atoms with Crippen LogP contribution < -0.4 is 5.73 Å². The molecule has 0 aromatic rings. The number of rotatable bonds is 41. The van der Waals surface area contributed by atoms with E-state index in [-0.39, 0.29) is 32.6 Å². The van der Waals surface area contributed by atoms with E-state index in [2.05, 4.69) is 86.8 Å². The standard InChI is InChI=1S/C47H82NO8P/c1-3-5-7-9-11-13-15-17-19-20-21-22-23-24-26-28-30-32-34-36-38-40-47(50)56-45(44-55-57(51,52)54-42-41-48)43-53-46(49)39-37-35-33-31-29-27-25-18-16-14-12-10-8-6-4-2/h5,7,11,13,17-19,21-22,24-26,45H,3-4,6,8-10,12,14-16,20,23,27-44,48H2,1-2H3,(H,51,52)/b7-5-,13-11-,19-17-,22-21-,25-18-,26-24-. The van der Waals surface area contributed by atoms with Crippen LogP contribution in [0.3, 0.4) is 0 Å². The van der Waals surface area contributed by atoms with Crippen LogP contribution in [0.25, 0.3) is 0 Å². The van der Waals surface area contributed by atoms with Gasteiger partial charge in [-0.25, -0.2) is 4.57 Å². The van der Waals surface area contributed by atoms with Crippen LogP contribution in [0.2, 0.25) is 0 Å². The van der Waals surface area contributed by atoms with Gasteiger partial charge >= 0.3 is 19.8 Å². The monoisotopic (exact) mass is 820 g/mol. The molecule has 0 spiro atoms. The average molecular weight is 820 g/mol. The van der Waals surface area contributed by atoms with Gasteiger partial charge < -0.3 is 20.1 Å². The van der Waals surface area contributed by atoms with E-state index in [1.807, 2.05) is 0 Å². The molecule has 0 radical (unpaired) electrons. The fraction of sp³-hybridized carbons (Fsp3) is 0.702. The normalized spacial score (nSPS) is 14.0. The Balaban J connectivity index is 4.20. The van der Waals surface area contributed by atoms with E-state index >= 15 is 0 Å². The maximum atomic E-state index is 12.6. The lowest BCUT2D eigenvalue weighted by atomic mass is 10.1. The van der Waals surface area contributed by atoms with Crippen molar-refractivity contribution < 1.29 is 37.6 Å². The van der Waals surface area contributed by atoms with Crippen molar-refractivity contribution in [1.29, 1.82) is 0 Å². The summed E-state index contributed by atoms with van der Waals surface area (Å²) in [6.45, 7) is 3.57. The summed E-state index contributed by atoms with van der Waals surface area (Å²) < 4.78 is 32.8. The van der Waals surface area contributed by atoms with Gasteiger partial charge in [-0.2, -0.15) is 0 Å². The van der Waals surface area contributed by atoms with E-state index in [0.717, 1.165) is 103 Å². The van der Waals surface area contributed by atoms with Crippen LogP contribution >= 0.6 is 7.82 Å². The Morgan fingerprint density at radius 2 is 0.965 bits per heavy atom. The predicted octanol–water partition coefficient (Wildman–Crippen LogP) is 13.1. The molecule has 9 nitrogen and oxygen atoms in total. The lowest BCUT2D eigenvalue weighted by molar-refractivity contribution is -0.161. The van der Waals surface area contributed by atoms with E-state index in [1.165, 1.54) is 44.9 Å². The maximum Gasteiger partial charge on any atom is 0.472 e. The van der Waals surface area contributed by atoms with Crippen LogP contribution in [0.4, 0.5) is 0 Å². The largest absolute Gasteiger partial charge is 0.472 e. The number of unbranched alkanes of at least 4 members (excludes halogenated alkanes) is 16. The van der Waals surface area contributed by atoms with Gasteiger partial charge in [0.25, 0.3) is 0 Å². The number of hydrogen-bond donors (Lipinski definition) is 2. The highest BCUT2D eigenvalue weighted by Gasteiger charge is 2.26. The number of phosphoric acid groups is 1. The second-order valence-electron chi connectivity index (χ2n) is 14.5. The molecule has 0 aliphatic carbocycles. The summed E-state index contributed by atoms with van der Waals surface area (Å²) in [4.78, 5) is 34.9. The maximum absolute atomic E-state index is 12.6. The molecule has 0 saturated heterocycles. The van der Waals surface area contributed by atoms with Gasteiger partial charge in [0.15, 0.2) is 6.10 Å². The highest BCUT2D eigenvalue weighted by molar-refractivity contribution is 7.47. The Labute approximate surface area is 348 Å². The number of carbonyl (C=O) groups excluding carboxylic acids is 2. The summed E-state index contributed by atoms with van der Waals surface area (Å²) in [6, 6.07) is 0. The SMILES string of the molecule is CC/C=C\C/C=C\C/C=C\C/C=C\C/C=C\CCCCCCCC(=O)OC(COC(=O)CCCCCCC/C=C\CCCCCCCC)COP(=O)(O)OCCN. The number of hydrogen-bond acceptors (Lipinski definition) is 8. The van der Waals surface area contributed by atoms with E-state index in [0.29, 0.717) is 6.42 Å². The third-order valence-corrected chi connectivity index (χ3v) is 10.1. The highest BCUT2D eigenvalue weighted by Crippen LogP contribution is 2.43.